The second-order valence-electron chi connectivity index (χ2n) is 4.99. The minimum absolute atomic E-state index is 0.716. The van der Waals surface area contributed by atoms with E-state index in [0.29, 0.717) is 5.92 Å². The van der Waals surface area contributed by atoms with Gasteiger partial charge in [0.25, 0.3) is 0 Å². The highest BCUT2D eigenvalue weighted by atomic mass is 16.5. The summed E-state index contributed by atoms with van der Waals surface area (Å²) in [4.78, 5) is 0. The normalized spacial score (nSPS) is 16.3. The van der Waals surface area contributed by atoms with Gasteiger partial charge in [-0.25, -0.2) is 0 Å². The van der Waals surface area contributed by atoms with Crippen LogP contribution in [0.25, 0.3) is 0 Å². The van der Waals surface area contributed by atoms with Crippen LogP contribution in [0.3, 0.4) is 0 Å². The Morgan fingerprint density at radius 1 is 1.29 bits per heavy atom. The highest BCUT2D eigenvalue weighted by Crippen LogP contribution is 2.38. The van der Waals surface area contributed by atoms with E-state index in [-0.39, 0.29) is 0 Å². The number of benzene rings is 1. The van der Waals surface area contributed by atoms with Crippen LogP contribution in [0.2, 0.25) is 0 Å². The first-order valence-corrected chi connectivity index (χ1v) is 7.05. The monoisotopic (exact) mass is 231 g/mol. The largest absolute Gasteiger partial charge is 0.493 e. The lowest BCUT2D eigenvalue weighted by Crippen LogP contribution is -2.02. The van der Waals surface area contributed by atoms with Crippen LogP contribution in [0.15, 0.2) is 18.2 Å². The van der Waals surface area contributed by atoms with Gasteiger partial charge in [-0.1, -0.05) is 50.8 Å². The highest BCUT2D eigenvalue weighted by molar-refractivity contribution is 5.35. The van der Waals surface area contributed by atoms with Crippen LogP contribution in [0.4, 0.5) is 0 Å². The maximum atomic E-state index is 5.90. The zero-order valence-electron chi connectivity index (χ0n) is 10.9. The van der Waals surface area contributed by atoms with Crippen LogP contribution in [0.1, 0.15) is 63.4 Å². The molecule has 0 aromatic heterocycles. The zero-order valence-corrected chi connectivity index (χ0v) is 10.9. The van der Waals surface area contributed by atoms with Crippen LogP contribution < -0.4 is 4.74 Å². The zero-order chi connectivity index (χ0) is 11.9. The lowest BCUT2D eigenvalue weighted by Gasteiger charge is -2.15. The van der Waals surface area contributed by atoms with Crippen LogP contribution in [0.5, 0.6) is 5.75 Å². The van der Waals surface area contributed by atoms with Crippen LogP contribution in [-0.2, 0) is 0 Å². The third kappa shape index (κ3) is 3.49. The summed E-state index contributed by atoms with van der Waals surface area (Å²) in [5, 5.41) is 0. The fourth-order valence-electron chi connectivity index (χ4n) is 2.64. The number of para-hydroxylation sites is 1. The average Bonchev–Trinajstić information content (AvgIpc) is 2.89. The first-order chi connectivity index (χ1) is 8.42. The lowest BCUT2D eigenvalue weighted by molar-refractivity contribution is 0.301. The first-order valence-electron chi connectivity index (χ1n) is 7.05. The maximum Gasteiger partial charge on any atom is 0.130 e. The molecule has 2 rings (SSSR count). The van der Waals surface area contributed by atoms with Crippen LogP contribution in [-0.4, -0.2) is 6.61 Å². The van der Waals surface area contributed by atoms with E-state index in [1.165, 1.54) is 44.1 Å². The Bertz CT molecular complexity index is 326. The molecule has 17 heavy (non-hydrogen) atoms. The van der Waals surface area contributed by atoms with Crippen molar-refractivity contribution in [2.75, 3.05) is 6.61 Å². The van der Waals surface area contributed by atoms with E-state index >= 15 is 0 Å². The fraction of sp³-hybridized carbons (Fsp3) is 0.625. The van der Waals surface area contributed by atoms with Crippen molar-refractivity contribution in [3.8, 4) is 5.75 Å². The minimum Gasteiger partial charge on any atom is -0.493 e. The molecular formula is C16H23O. The molecule has 0 heterocycles. The van der Waals surface area contributed by atoms with Crippen molar-refractivity contribution in [2.24, 2.45) is 0 Å². The Balaban J connectivity index is 1.95. The number of unbranched alkanes of at least 4 members (excludes halogenated alkanes) is 2. The van der Waals surface area contributed by atoms with Gasteiger partial charge in [-0.15, -0.1) is 0 Å². The van der Waals surface area contributed by atoms with E-state index < -0.39 is 0 Å². The second-order valence-corrected chi connectivity index (χ2v) is 4.99. The van der Waals surface area contributed by atoms with Crippen LogP contribution >= 0.6 is 0 Å². The average molecular weight is 231 g/mol. The van der Waals surface area contributed by atoms with Crippen molar-refractivity contribution in [3.05, 3.63) is 29.8 Å². The Morgan fingerprint density at radius 3 is 2.88 bits per heavy atom. The molecule has 1 nitrogen and oxygen atoms in total. The van der Waals surface area contributed by atoms with E-state index in [1.807, 2.05) is 6.07 Å². The van der Waals surface area contributed by atoms with Gasteiger partial charge >= 0.3 is 0 Å². The summed E-state index contributed by atoms with van der Waals surface area (Å²) in [6.45, 7) is 3.06. The Hall–Kier alpha value is -0.980. The molecule has 0 N–H and O–H groups in total. The molecule has 0 aliphatic heterocycles. The van der Waals surface area contributed by atoms with Gasteiger partial charge < -0.3 is 4.74 Å². The summed E-state index contributed by atoms with van der Waals surface area (Å²) in [6.07, 6.45) is 9.04. The molecule has 1 saturated carbocycles. The quantitative estimate of drug-likeness (QED) is 0.644. The van der Waals surface area contributed by atoms with E-state index in [9.17, 15) is 0 Å². The van der Waals surface area contributed by atoms with Gasteiger partial charge in [0.1, 0.15) is 5.75 Å². The smallest absolute Gasteiger partial charge is 0.130 e. The molecule has 1 heteroatoms. The molecule has 1 aliphatic rings. The number of ether oxygens (including phenoxy) is 1. The molecule has 1 aromatic carbocycles. The van der Waals surface area contributed by atoms with Gasteiger partial charge in [0.05, 0.1) is 6.61 Å². The summed E-state index contributed by atoms with van der Waals surface area (Å²) in [5.74, 6) is 1.73. The molecule has 0 saturated heterocycles. The van der Waals surface area contributed by atoms with Gasteiger partial charge in [-0.05, 0) is 30.7 Å². The topological polar surface area (TPSA) is 9.23 Å². The summed E-state index contributed by atoms with van der Waals surface area (Å²) in [5.41, 5.74) is 1.39. The summed E-state index contributed by atoms with van der Waals surface area (Å²) >= 11 is 0. The van der Waals surface area contributed by atoms with Gasteiger partial charge in [-0.2, -0.15) is 0 Å². The molecule has 0 amide bonds. The predicted octanol–water partition coefficient (Wildman–Crippen LogP) is 4.71. The molecule has 93 valence electrons. The van der Waals surface area contributed by atoms with E-state index in [2.05, 4.69) is 25.1 Å². The number of rotatable bonds is 6. The Kier molecular flexibility index (Phi) is 4.90. The predicted molar refractivity (Wildman–Crippen MR) is 71.5 cm³/mol. The van der Waals surface area contributed by atoms with Crippen molar-refractivity contribution < 1.29 is 4.74 Å². The van der Waals surface area contributed by atoms with Crippen molar-refractivity contribution in [2.45, 2.75) is 57.8 Å². The molecule has 1 radical (unpaired) electrons. The van der Waals surface area contributed by atoms with E-state index in [1.54, 1.807) is 0 Å². The van der Waals surface area contributed by atoms with Crippen molar-refractivity contribution >= 4 is 0 Å². The standard InChI is InChI=1S/C16H23O/c1-2-3-8-13-17-16-12-7-6-11-15(16)14-9-4-5-10-14/h6-7,11,14H,2-5,8-10,13H2,1H3. The third-order valence-corrected chi connectivity index (χ3v) is 3.64. The Morgan fingerprint density at radius 2 is 2.12 bits per heavy atom. The van der Waals surface area contributed by atoms with Crippen molar-refractivity contribution in [3.63, 3.8) is 0 Å². The molecule has 0 unspecified atom stereocenters. The Labute approximate surface area is 105 Å². The SMILES string of the molecule is CCCCCOc1[c]cccc1C1CCCC1. The van der Waals surface area contributed by atoms with Crippen LogP contribution in [0, 0.1) is 6.07 Å². The molecular weight excluding hydrogens is 208 g/mol. The maximum absolute atomic E-state index is 5.90. The molecule has 1 aromatic rings. The summed E-state index contributed by atoms with van der Waals surface area (Å²) in [6, 6.07) is 9.55. The molecule has 0 spiro atoms. The lowest BCUT2D eigenvalue weighted by atomic mass is 9.97. The molecule has 1 fully saturated rings. The van der Waals surface area contributed by atoms with Gasteiger partial charge in [0, 0.05) is 6.07 Å². The van der Waals surface area contributed by atoms with Gasteiger partial charge in [0.2, 0.25) is 0 Å². The van der Waals surface area contributed by atoms with E-state index in [0.717, 1.165) is 18.8 Å². The fourth-order valence-corrected chi connectivity index (χ4v) is 2.64. The first kappa shape index (κ1) is 12.5. The van der Waals surface area contributed by atoms with Crippen molar-refractivity contribution in [1.29, 1.82) is 0 Å². The number of hydrogen-bond acceptors (Lipinski definition) is 1. The highest BCUT2D eigenvalue weighted by Gasteiger charge is 2.20. The second kappa shape index (κ2) is 6.68. The summed E-state index contributed by atoms with van der Waals surface area (Å²) in [7, 11) is 0. The summed E-state index contributed by atoms with van der Waals surface area (Å²) < 4.78 is 5.90. The number of hydrogen-bond donors (Lipinski definition) is 0. The third-order valence-electron chi connectivity index (χ3n) is 3.64. The van der Waals surface area contributed by atoms with E-state index in [4.69, 9.17) is 4.74 Å². The molecule has 1 aliphatic carbocycles. The van der Waals surface area contributed by atoms with Gasteiger partial charge in [0.15, 0.2) is 0 Å². The van der Waals surface area contributed by atoms with Gasteiger partial charge in [-0.3, -0.25) is 0 Å². The molecule has 0 bridgehead atoms. The van der Waals surface area contributed by atoms with Crippen molar-refractivity contribution in [1.82, 2.24) is 0 Å². The molecule has 0 atom stereocenters. The minimum atomic E-state index is 0.716.